The van der Waals surface area contributed by atoms with Crippen LogP contribution in [0.15, 0.2) is 35.1 Å². The summed E-state index contributed by atoms with van der Waals surface area (Å²) in [5, 5.41) is 4.69. The predicted molar refractivity (Wildman–Crippen MR) is 127 cm³/mol. The van der Waals surface area contributed by atoms with Gasteiger partial charge in [-0.25, -0.2) is 4.68 Å². The van der Waals surface area contributed by atoms with Crippen molar-refractivity contribution >= 4 is 11.7 Å². The molecule has 7 heteroatoms. The summed E-state index contributed by atoms with van der Waals surface area (Å²) in [5.74, 6) is -0.459. The lowest BCUT2D eigenvalue weighted by Gasteiger charge is -2.30. The fourth-order valence-corrected chi connectivity index (χ4v) is 4.64. The topological polar surface area (TPSA) is 88.1 Å². The molecule has 0 unspecified atom stereocenters. The molecule has 4 rings (SSSR count). The summed E-state index contributed by atoms with van der Waals surface area (Å²) in [5.41, 5.74) is 5.19. The van der Waals surface area contributed by atoms with Crippen LogP contribution in [0.1, 0.15) is 69.2 Å². The van der Waals surface area contributed by atoms with Crippen molar-refractivity contribution in [3.63, 3.8) is 0 Å². The molecule has 0 radical (unpaired) electrons. The molecule has 2 aromatic heterocycles. The molecular weight excluding hydrogens is 416 g/mol. The Bertz CT molecular complexity index is 1330. The van der Waals surface area contributed by atoms with Gasteiger partial charge in [0, 0.05) is 42.5 Å². The number of H-pyrrole nitrogens is 1. The van der Waals surface area contributed by atoms with E-state index in [4.69, 9.17) is 5.10 Å². The van der Waals surface area contributed by atoms with E-state index >= 15 is 0 Å². The highest BCUT2D eigenvalue weighted by Gasteiger charge is 2.33. The number of aryl methyl sites for hydroxylation is 2. The van der Waals surface area contributed by atoms with Gasteiger partial charge in [-0.3, -0.25) is 14.4 Å². The van der Waals surface area contributed by atoms with E-state index in [9.17, 15) is 14.4 Å². The molecule has 0 spiro atoms. The van der Waals surface area contributed by atoms with Crippen LogP contribution >= 0.6 is 0 Å². The van der Waals surface area contributed by atoms with E-state index in [1.165, 1.54) is 11.0 Å². The largest absolute Gasteiger partial charge is 0.337 e. The van der Waals surface area contributed by atoms with Gasteiger partial charge in [0.2, 0.25) is 0 Å². The van der Waals surface area contributed by atoms with Gasteiger partial charge in [0.15, 0.2) is 5.78 Å². The van der Waals surface area contributed by atoms with Gasteiger partial charge >= 0.3 is 0 Å². The van der Waals surface area contributed by atoms with Crippen molar-refractivity contribution < 1.29 is 9.59 Å². The lowest BCUT2D eigenvalue weighted by atomic mass is 9.75. The van der Waals surface area contributed by atoms with E-state index in [-0.39, 0.29) is 16.8 Å². The summed E-state index contributed by atoms with van der Waals surface area (Å²) >= 11 is 0. The molecule has 0 bridgehead atoms. The third-order valence-electron chi connectivity index (χ3n) is 6.47. The molecule has 1 aromatic carbocycles. The Morgan fingerprint density at radius 3 is 2.55 bits per heavy atom. The second kappa shape index (κ2) is 8.14. The van der Waals surface area contributed by atoms with E-state index < -0.39 is 11.5 Å². The zero-order chi connectivity index (χ0) is 24.1. The number of nitrogens with one attached hydrogen (secondary N) is 1. The van der Waals surface area contributed by atoms with Crippen LogP contribution in [0.2, 0.25) is 0 Å². The minimum Gasteiger partial charge on any atom is -0.337 e. The SMILES string of the molecule is Cc1ccccc1-n1nc(C)c(CN(C)C(=O)c2cc3c([nH]c2=O)CC(C)(C)CC3=O)c1C. The third-order valence-corrected chi connectivity index (χ3v) is 6.47. The molecule has 1 aliphatic rings. The van der Waals surface area contributed by atoms with Crippen molar-refractivity contribution in [2.45, 2.75) is 54.0 Å². The number of benzene rings is 1. The average molecular weight is 447 g/mol. The molecular formula is C26H30N4O3. The van der Waals surface area contributed by atoms with E-state index in [1.54, 1.807) is 7.05 Å². The number of ketones is 1. The summed E-state index contributed by atoms with van der Waals surface area (Å²) in [7, 11) is 1.66. The number of aromatic amines is 1. The Morgan fingerprint density at radius 1 is 1.15 bits per heavy atom. The van der Waals surface area contributed by atoms with Crippen LogP contribution in [0.4, 0.5) is 0 Å². The maximum absolute atomic E-state index is 13.2. The van der Waals surface area contributed by atoms with Crippen LogP contribution in [0.5, 0.6) is 0 Å². The van der Waals surface area contributed by atoms with E-state index in [0.717, 1.165) is 28.2 Å². The number of carbonyl (C=O) groups excluding carboxylic acids is 2. The monoisotopic (exact) mass is 446 g/mol. The minimum atomic E-state index is -0.458. The number of pyridine rings is 1. The van der Waals surface area contributed by atoms with Crippen LogP contribution in [-0.4, -0.2) is 38.4 Å². The van der Waals surface area contributed by atoms with Gasteiger partial charge in [0.25, 0.3) is 11.5 Å². The van der Waals surface area contributed by atoms with Crippen molar-refractivity contribution in [3.8, 4) is 5.69 Å². The first-order chi connectivity index (χ1) is 15.5. The Morgan fingerprint density at radius 2 is 1.85 bits per heavy atom. The number of Topliss-reactive ketones (excluding diaryl/α,β-unsaturated/α-hetero) is 1. The Labute approximate surface area is 193 Å². The third kappa shape index (κ3) is 4.15. The summed E-state index contributed by atoms with van der Waals surface area (Å²) < 4.78 is 1.89. The predicted octanol–water partition coefficient (Wildman–Crippen LogP) is 3.91. The summed E-state index contributed by atoms with van der Waals surface area (Å²) in [6, 6.07) is 9.48. The minimum absolute atomic E-state index is 0.00842. The fourth-order valence-electron chi connectivity index (χ4n) is 4.64. The summed E-state index contributed by atoms with van der Waals surface area (Å²) in [4.78, 5) is 42.9. The molecule has 1 amide bonds. The van der Waals surface area contributed by atoms with Crippen molar-refractivity contribution in [3.05, 3.63) is 80.0 Å². The molecule has 0 saturated carbocycles. The van der Waals surface area contributed by atoms with Crippen molar-refractivity contribution in [2.24, 2.45) is 5.41 Å². The van der Waals surface area contributed by atoms with Crippen molar-refractivity contribution in [1.29, 1.82) is 0 Å². The number of carbonyl (C=O) groups is 2. The number of aromatic nitrogens is 3. The van der Waals surface area contributed by atoms with Crippen LogP contribution in [0.3, 0.4) is 0 Å². The van der Waals surface area contributed by atoms with Gasteiger partial charge in [-0.2, -0.15) is 5.10 Å². The van der Waals surface area contributed by atoms with Gasteiger partial charge in [-0.1, -0.05) is 32.0 Å². The molecule has 0 aliphatic heterocycles. The van der Waals surface area contributed by atoms with Gasteiger partial charge in [-0.15, -0.1) is 0 Å². The maximum Gasteiger partial charge on any atom is 0.261 e. The highest BCUT2D eigenvalue weighted by Crippen LogP contribution is 2.33. The molecule has 7 nitrogen and oxygen atoms in total. The lowest BCUT2D eigenvalue weighted by molar-refractivity contribution is 0.0783. The molecule has 1 aliphatic carbocycles. The quantitative estimate of drug-likeness (QED) is 0.658. The zero-order valence-electron chi connectivity index (χ0n) is 20.1. The number of hydrogen-bond donors (Lipinski definition) is 1. The van der Waals surface area contributed by atoms with Gasteiger partial charge in [0.1, 0.15) is 5.56 Å². The molecule has 172 valence electrons. The average Bonchev–Trinajstić information content (AvgIpc) is 3.00. The second-order valence-corrected chi connectivity index (χ2v) is 9.85. The number of nitrogens with zero attached hydrogens (tertiary/aromatic N) is 3. The van der Waals surface area contributed by atoms with Gasteiger partial charge in [0.05, 0.1) is 11.4 Å². The second-order valence-electron chi connectivity index (χ2n) is 9.85. The maximum atomic E-state index is 13.2. The summed E-state index contributed by atoms with van der Waals surface area (Å²) in [6.45, 7) is 10.2. The van der Waals surface area contributed by atoms with Gasteiger partial charge in [-0.05, 0) is 50.3 Å². The lowest BCUT2D eigenvalue weighted by Crippen LogP contribution is -2.35. The Balaban J connectivity index is 1.63. The van der Waals surface area contributed by atoms with Crippen molar-refractivity contribution in [2.75, 3.05) is 7.05 Å². The fraction of sp³-hybridized carbons (Fsp3) is 0.385. The first-order valence-corrected chi connectivity index (χ1v) is 11.1. The highest BCUT2D eigenvalue weighted by atomic mass is 16.2. The summed E-state index contributed by atoms with van der Waals surface area (Å²) in [6.07, 6.45) is 0.996. The van der Waals surface area contributed by atoms with Crippen LogP contribution in [0, 0.1) is 26.2 Å². The number of amides is 1. The highest BCUT2D eigenvalue weighted by molar-refractivity contribution is 6.02. The number of rotatable bonds is 4. The van der Waals surface area contributed by atoms with Gasteiger partial charge < -0.3 is 9.88 Å². The Kier molecular flexibility index (Phi) is 5.60. The van der Waals surface area contributed by atoms with Crippen LogP contribution in [-0.2, 0) is 13.0 Å². The standard InChI is InChI=1S/C26H30N4O3/c1-15-9-7-8-10-22(15)30-17(3)20(16(2)28-30)14-29(6)25(33)19-11-18-21(27-24(19)32)12-26(4,5)13-23(18)31/h7-11H,12-14H2,1-6H3,(H,27,32). The molecule has 0 saturated heterocycles. The van der Waals surface area contributed by atoms with E-state index in [0.29, 0.717) is 30.6 Å². The zero-order valence-corrected chi connectivity index (χ0v) is 20.1. The van der Waals surface area contributed by atoms with E-state index in [1.807, 2.05) is 63.6 Å². The molecule has 0 atom stereocenters. The Hall–Kier alpha value is -3.48. The first kappa shape index (κ1) is 22.7. The normalized spacial score (nSPS) is 14.8. The number of fused-ring (bicyclic) bond motifs is 1. The first-order valence-electron chi connectivity index (χ1n) is 11.1. The smallest absolute Gasteiger partial charge is 0.261 e. The molecule has 2 heterocycles. The van der Waals surface area contributed by atoms with E-state index in [2.05, 4.69) is 4.98 Å². The van der Waals surface area contributed by atoms with Crippen LogP contribution in [0.25, 0.3) is 5.69 Å². The van der Waals surface area contributed by atoms with Crippen LogP contribution < -0.4 is 5.56 Å². The van der Waals surface area contributed by atoms with Crippen molar-refractivity contribution in [1.82, 2.24) is 19.7 Å². The molecule has 33 heavy (non-hydrogen) atoms. The molecule has 0 fully saturated rings. The molecule has 1 N–H and O–H groups in total. The number of hydrogen-bond acceptors (Lipinski definition) is 4. The molecule has 3 aromatic rings. The number of para-hydroxylation sites is 1.